The van der Waals surface area contributed by atoms with E-state index in [2.05, 4.69) is 51.9 Å². The Morgan fingerprint density at radius 3 is 2.48 bits per heavy atom. The fraction of sp³-hybridized carbons (Fsp3) is 0.391. The zero-order chi connectivity index (χ0) is 20.6. The van der Waals surface area contributed by atoms with E-state index in [0.717, 1.165) is 18.7 Å². The lowest BCUT2D eigenvalue weighted by atomic mass is 10.0. The molecule has 1 heterocycles. The van der Waals surface area contributed by atoms with Gasteiger partial charge in [0.25, 0.3) is 0 Å². The van der Waals surface area contributed by atoms with Gasteiger partial charge in [-0.2, -0.15) is 0 Å². The normalized spacial score (nSPS) is 17.2. The van der Waals surface area contributed by atoms with E-state index in [1.807, 2.05) is 37.2 Å². The van der Waals surface area contributed by atoms with Gasteiger partial charge >= 0.3 is 0 Å². The maximum atomic E-state index is 12.4. The van der Waals surface area contributed by atoms with Gasteiger partial charge in [-0.15, -0.1) is 0 Å². The third-order valence-electron chi connectivity index (χ3n) is 5.15. The van der Waals surface area contributed by atoms with Gasteiger partial charge in [-0.25, -0.2) is 0 Å². The quantitative estimate of drug-likeness (QED) is 0.716. The van der Waals surface area contributed by atoms with Crippen molar-refractivity contribution in [1.82, 2.24) is 20.4 Å². The Labute approximate surface area is 172 Å². The molecule has 3 rings (SSSR count). The second-order valence-corrected chi connectivity index (χ2v) is 7.70. The molecular formula is C23H30N4O2. The highest BCUT2D eigenvalue weighted by Gasteiger charge is 2.31. The van der Waals surface area contributed by atoms with Crippen molar-refractivity contribution in [2.24, 2.45) is 0 Å². The SMILES string of the molecule is CN(C)CCNC(=O)C[C@H]1C(=O)NCCN1Cc1ccc(-c2ccccc2)cc1. The molecule has 6 nitrogen and oxygen atoms in total. The first-order chi connectivity index (χ1) is 14.0. The van der Waals surface area contributed by atoms with E-state index in [4.69, 9.17) is 0 Å². The summed E-state index contributed by atoms with van der Waals surface area (Å²) < 4.78 is 0. The molecule has 1 fully saturated rings. The topological polar surface area (TPSA) is 64.7 Å². The number of nitrogens with zero attached hydrogens (tertiary/aromatic N) is 2. The first kappa shape index (κ1) is 21.0. The van der Waals surface area contributed by atoms with Gasteiger partial charge in [0.2, 0.25) is 11.8 Å². The molecule has 2 N–H and O–H groups in total. The summed E-state index contributed by atoms with van der Waals surface area (Å²) in [5.41, 5.74) is 3.49. The number of hydrogen-bond acceptors (Lipinski definition) is 4. The molecule has 29 heavy (non-hydrogen) atoms. The Morgan fingerprint density at radius 1 is 1.10 bits per heavy atom. The van der Waals surface area contributed by atoms with Crippen molar-refractivity contribution >= 4 is 11.8 Å². The summed E-state index contributed by atoms with van der Waals surface area (Å²) in [6.45, 7) is 3.36. The van der Waals surface area contributed by atoms with Crippen molar-refractivity contribution in [1.29, 1.82) is 0 Å². The number of carbonyl (C=O) groups excluding carboxylic acids is 2. The first-order valence-electron chi connectivity index (χ1n) is 10.1. The molecule has 0 bridgehead atoms. The van der Waals surface area contributed by atoms with Gasteiger partial charge in [0.15, 0.2) is 0 Å². The molecular weight excluding hydrogens is 364 g/mol. The van der Waals surface area contributed by atoms with Crippen molar-refractivity contribution in [3.05, 3.63) is 60.2 Å². The van der Waals surface area contributed by atoms with Crippen LogP contribution in [-0.4, -0.2) is 67.9 Å². The van der Waals surface area contributed by atoms with E-state index in [1.54, 1.807) is 0 Å². The molecule has 0 radical (unpaired) electrons. The van der Waals surface area contributed by atoms with Gasteiger partial charge in [0.05, 0.1) is 12.5 Å². The zero-order valence-electron chi connectivity index (χ0n) is 17.2. The maximum Gasteiger partial charge on any atom is 0.237 e. The largest absolute Gasteiger partial charge is 0.355 e. The van der Waals surface area contributed by atoms with E-state index >= 15 is 0 Å². The van der Waals surface area contributed by atoms with Gasteiger partial charge in [-0.3, -0.25) is 14.5 Å². The number of carbonyl (C=O) groups is 2. The second-order valence-electron chi connectivity index (χ2n) is 7.70. The van der Waals surface area contributed by atoms with Crippen molar-refractivity contribution in [3.63, 3.8) is 0 Å². The summed E-state index contributed by atoms with van der Waals surface area (Å²) in [6.07, 6.45) is 0.182. The van der Waals surface area contributed by atoms with E-state index < -0.39 is 6.04 Å². The summed E-state index contributed by atoms with van der Waals surface area (Å²) in [4.78, 5) is 28.8. The molecule has 0 aromatic heterocycles. The van der Waals surface area contributed by atoms with Gasteiger partial charge < -0.3 is 15.5 Å². The van der Waals surface area contributed by atoms with E-state index in [-0.39, 0.29) is 18.2 Å². The zero-order valence-corrected chi connectivity index (χ0v) is 17.2. The molecule has 0 saturated carbocycles. The Bertz CT molecular complexity index is 805. The Balaban J connectivity index is 1.61. The minimum absolute atomic E-state index is 0.0695. The second kappa shape index (κ2) is 10.2. The molecule has 0 spiro atoms. The highest BCUT2D eigenvalue weighted by molar-refractivity contribution is 5.88. The van der Waals surface area contributed by atoms with Crippen molar-refractivity contribution in [2.75, 3.05) is 40.3 Å². The van der Waals surface area contributed by atoms with Crippen LogP contribution in [0.5, 0.6) is 0 Å². The number of rotatable bonds is 8. The lowest BCUT2D eigenvalue weighted by Crippen LogP contribution is -2.56. The summed E-state index contributed by atoms with van der Waals surface area (Å²) in [6, 6.07) is 18.2. The van der Waals surface area contributed by atoms with E-state index in [1.165, 1.54) is 11.1 Å². The average Bonchev–Trinajstić information content (AvgIpc) is 2.71. The van der Waals surface area contributed by atoms with Crippen LogP contribution in [0.15, 0.2) is 54.6 Å². The van der Waals surface area contributed by atoms with Crippen LogP contribution in [0.25, 0.3) is 11.1 Å². The minimum Gasteiger partial charge on any atom is -0.355 e. The number of piperazine rings is 1. The summed E-state index contributed by atoms with van der Waals surface area (Å²) >= 11 is 0. The Kier molecular flexibility index (Phi) is 7.38. The van der Waals surface area contributed by atoms with Crippen LogP contribution in [0.1, 0.15) is 12.0 Å². The van der Waals surface area contributed by atoms with Crippen molar-refractivity contribution in [2.45, 2.75) is 19.0 Å². The van der Waals surface area contributed by atoms with Crippen LogP contribution in [0.4, 0.5) is 0 Å². The third-order valence-corrected chi connectivity index (χ3v) is 5.15. The average molecular weight is 395 g/mol. The molecule has 0 unspecified atom stereocenters. The molecule has 0 aliphatic carbocycles. The number of hydrogen-bond donors (Lipinski definition) is 2. The molecule has 6 heteroatoms. The molecule has 1 aliphatic heterocycles. The maximum absolute atomic E-state index is 12.4. The fourth-order valence-electron chi connectivity index (χ4n) is 3.51. The van der Waals surface area contributed by atoms with Gasteiger partial charge in [0, 0.05) is 32.7 Å². The van der Waals surface area contributed by atoms with Gasteiger partial charge in [0.1, 0.15) is 0 Å². The van der Waals surface area contributed by atoms with Gasteiger partial charge in [-0.05, 0) is 30.8 Å². The highest BCUT2D eigenvalue weighted by atomic mass is 16.2. The first-order valence-corrected chi connectivity index (χ1v) is 10.1. The van der Waals surface area contributed by atoms with E-state index in [9.17, 15) is 9.59 Å². The highest BCUT2D eigenvalue weighted by Crippen LogP contribution is 2.21. The number of likely N-dealkylation sites (N-methyl/N-ethyl adjacent to an activating group) is 1. The molecule has 2 aromatic rings. The lowest BCUT2D eigenvalue weighted by molar-refractivity contribution is -0.134. The molecule has 1 atom stereocenters. The van der Waals surface area contributed by atoms with Crippen LogP contribution in [0.3, 0.4) is 0 Å². The summed E-state index contributed by atoms with van der Waals surface area (Å²) in [5.74, 6) is -0.154. The van der Waals surface area contributed by atoms with Crippen LogP contribution in [0.2, 0.25) is 0 Å². The van der Waals surface area contributed by atoms with Gasteiger partial charge in [-0.1, -0.05) is 54.6 Å². The van der Waals surface area contributed by atoms with Crippen LogP contribution >= 0.6 is 0 Å². The van der Waals surface area contributed by atoms with Crippen LogP contribution in [0, 0.1) is 0 Å². The minimum atomic E-state index is -0.433. The predicted molar refractivity (Wildman–Crippen MR) is 115 cm³/mol. The van der Waals surface area contributed by atoms with Crippen molar-refractivity contribution in [3.8, 4) is 11.1 Å². The number of amides is 2. The third kappa shape index (κ3) is 6.14. The van der Waals surface area contributed by atoms with Crippen LogP contribution in [-0.2, 0) is 16.1 Å². The lowest BCUT2D eigenvalue weighted by Gasteiger charge is -2.34. The summed E-state index contributed by atoms with van der Waals surface area (Å²) in [7, 11) is 3.93. The smallest absolute Gasteiger partial charge is 0.237 e. The Hall–Kier alpha value is -2.70. The molecule has 2 amide bonds. The standard InChI is InChI=1S/C23H30N4O2/c1-26(2)14-12-24-22(28)16-21-23(29)25-13-15-27(21)17-18-8-10-20(11-9-18)19-6-4-3-5-7-19/h3-11,21H,12-17H2,1-2H3,(H,24,28)(H,25,29)/t21-/m0/s1. The Morgan fingerprint density at radius 2 is 1.79 bits per heavy atom. The monoisotopic (exact) mass is 394 g/mol. The summed E-state index contributed by atoms with van der Waals surface area (Å²) in [5, 5.41) is 5.79. The molecule has 1 aliphatic rings. The van der Waals surface area contributed by atoms with Crippen molar-refractivity contribution < 1.29 is 9.59 Å². The molecule has 1 saturated heterocycles. The van der Waals surface area contributed by atoms with E-state index in [0.29, 0.717) is 19.6 Å². The number of benzene rings is 2. The number of nitrogens with one attached hydrogen (secondary N) is 2. The molecule has 154 valence electrons. The van der Waals surface area contributed by atoms with Crippen LogP contribution < -0.4 is 10.6 Å². The fourth-order valence-corrected chi connectivity index (χ4v) is 3.51. The molecule has 2 aromatic carbocycles. The predicted octanol–water partition coefficient (Wildman–Crippen LogP) is 1.72.